The summed E-state index contributed by atoms with van der Waals surface area (Å²) < 4.78 is 6.08. The Labute approximate surface area is 177 Å². The van der Waals surface area contributed by atoms with E-state index in [2.05, 4.69) is 66.8 Å². The molecule has 4 aromatic carbocycles. The van der Waals surface area contributed by atoms with Gasteiger partial charge < -0.3 is 10.1 Å². The van der Waals surface area contributed by atoms with Crippen LogP contribution in [0.4, 0.5) is 0 Å². The fourth-order valence-electron chi connectivity index (χ4n) is 3.60. The van der Waals surface area contributed by atoms with Crippen LogP contribution in [0.5, 0.6) is 11.5 Å². The third-order valence-corrected chi connectivity index (χ3v) is 5.40. The van der Waals surface area contributed by atoms with Crippen molar-refractivity contribution in [3.8, 4) is 11.5 Å². The van der Waals surface area contributed by atoms with Crippen LogP contribution in [-0.2, 0) is 6.42 Å². The second-order valence-corrected chi connectivity index (χ2v) is 7.59. The Kier molecular flexibility index (Phi) is 6.14. The fourth-order valence-corrected chi connectivity index (χ4v) is 3.73. The number of halogens is 1. The lowest BCUT2D eigenvalue weighted by atomic mass is 9.99. The van der Waals surface area contributed by atoms with Crippen molar-refractivity contribution in [1.29, 1.82) is 0 Å². The highest BCUT2D eigenvalue weighted by Crippen LogP contribution is 2.27. The maximum absolute atomic E-state index is 6.08. The molecule has 0 unspecified atom stereocenters. The average molecular weight is 402 g/mol. The molecule has 1 atom stereocenters. The van der Waals surface area contributed by atoms with E-state index in [1.54, 1.807) is 0 Å². The first-order chi connectivity index (χ1) is 14.2. The smallest absolute Gasteiger partial charge is 0.130 e. The maximum Gasteiger partial charge on any atom is 0.130 e. The fraction of sp³-hybridized carbons (Fsp3) is 0.154. The zero-order chi connectivity index (χ0) is 20.1. The standard InChI is InChI=1S/C26H24ClNO/c1-19(24-11-6-9-20-7-2-4-10-25(20)24)28-18-17-21-8-3-5-12-26(21)29-23-15-13-22(27)14-16-23/h2-16,19,28H,17-18H2,1H3/t19-/m1/s1. The van der Waals surface area contributed by atoms with Crippen molar-refractivity contribution in [3.05, 3.63) is 107 Å². The summed E-state index contributed by atoms with van der Waals surface area (Å²) in [5.74, 6) is 1.67. The molecule has 0 spiro atoms. The van der Waals surface area contributed by atoms with Crippen molar-refractivity contribution in [3.63, 3.8) is 0 Å². The van der Waals surface area contributed by atoms with Crippen LogP contribution >= 0.6 is 11.6 Å². The second kappa shape index (κ2) is 9.13. The van der Waals surface area contributed by atoms with E-state index >= 15 is 0 Å². The van der Waals surface area contributed by atoms with Gasteiger partial charge in [0.15, 0.2) is 0 Å². The minimum Gasteiger partial charge on any atom is -0.457 e. The highest BCUT2D eigenvalue weighted by Gasteiger charge is 2.10. The summed E-state index contributed by atoms with van der Waals surface area (Å²) in [6.45, 7) is 3.09. The van der Waals surface area contributed by atoms with Gasteiger partial charge in [-0.25, -0.2) is 0 Å². The van der Waals surface area contributed by atoms with Crippen LogP contribution in [0.1, 0.15) is 24.1 Å². The van der Waals surface area contributed by atoms with Crippen LogP contribution in [0.3, 0.4) is 0 Å². The predicted molar refractivity (Wildman–Crippen MR) is 122 cm³/mol. The Bertz CT molecular complexity index is 1090. The van der Waals surface area contributed by atoms with Gasteiger partial charge in [-0.05, 0) is 72.1 Å². The van der Waals surface area contributed by atoms with Gasteiger partial charge in [-0.2, -0.15) is 0 Å². The summed E-state index contributed by atoms with van der Waals surface area (Å²) in [6.07, 6.45) is 0.888. The van der Waals surface area contributed by atoms with Gasteiger partial charge in [-0.3, -0.25) is 0 Å². The summed E-state index contributed by atoms with van der Waals surface area (Å²) in [5, 5.41) is 6.96. The highest BCUT2D eigenvalue weighted by atomic mass is 35.5. The topological polar surface area (TPSA) is 21.3 Å². The van der Waals surface area contributed by atoms with Gasteiger partial charge in [0.05, 0.1) is 0 Å². The zero-order valence-corrected chi connectivity index (χ0v) is 17.2. The van der Waals surface area contributed by atoms with E-state index in [0.29, 0.717) is 5.02 Å². The van der Waals surface area contributed by atoms with E-state index < -0.39 is 0 Å². The van der Waals surface area contributed by atoms with Crippen LogP contribution in [0, 0.1) is 0 Å². The molecule has 0 heterocycles. The zero-order valence-electron chi connectivity index (χ0n) is 16.4. The third-order valence-electron chi connectivity index (χ3n) is 5.15. The van der Waals surface area contributed by atoms with Gasteiger partial charge in [-0.15, -0.1) is 0 Å². The van der Waals surface area contributed by atoms with Crippen molar-refractivity contribution < 1.29 is 4.74 Å². The Morgan fingerprint density at radius 2 is 1.55 bits per heavy atom. The van der Waals surface area contributed by atoms with Gasteiger partial charge >= 0.3 is 0 Å². The molecule has 0 aliphatic carbocycles. The monoisotopic (exact) mass is 401 g/mol. The van der Waals surface area contributed by atoms with Gasteiger partial charge in [0.2, 0.25) is 0 Å². The minimum absolute atomic E-state index is 0.269. The molecule has 0 bridgehead atoms. The van der Waals surface area contributed by atoms with Crippen LogP contribution < -0.4 is 10.1 Å². The molecule has 0 radical (unpaired) electrons. The largest absolute Gasteiger partial charge is 0.457 e. The average Bonchev–Trinajstić information content (AvgIpc) is 2.76. The molecule has 3 heteroatoms. The molecule has 0 saturated carbocycles. The quantitative estimate of drug-likeness (QED) is 0.354. The van der Waals surface area contributed by atoms with Crippen molar-refractivity contribution in [2.45, 2.75) is 19.4 Å². The van der Waals surface area contributed by atoms with Crippen LogP contribution in [-0.4, -0.2) is 6.54 Å². The summed E-state index contributed by atoms with van der Waals surface area (Å²) in [5.41, 5.74) is 2.51. The van der Waals surface area contributed by atoms with E-state index in [0.717, 1.165) is 24.5 Å². The Hall–Kier alpha value is -2.81. The first kappa shape index (κ1) is 19.5. The number of hydrogen-bond donors (Lipinski definition) is 1. The highest BCUT2D eigenvalue weighted by molar-refractivity contribution is 6.30. The molecule has 0 saturated heterocycles. The Morgan fingerprint density at radius 3 is 2.41 bits per heavy atom. The predicted octanol–water partition coefficient (Wildman–Crippen LogP) is 7.18. The number of rotatable bonds is 7. The number of para-hydroxylation sites is 1. The Balaban J connectivity index is 1.42. The van der Waals surface area contributed by atoms with E-state index in [9.17, 15) is 0 Å². The van der Waals surface area contributed by atoms with E-state index in [4.69, 9.17) is 16.3 Å². The van der Waals surface area contributed by atoms with Gasteiger partial charge in [0.1, 0.15) is 11.5 Å². The van der Waals surface area contributed by atoms with E-state index in [1.807, 2.05) is 36.4 Å². The number of hydrogen-bond acceptors (Lipinski definition) is 2. The molecule has 0 amide bonds. The number of nitrogens with one attached hydrogen (secondary N) is 1. The lowest BCUT2D eigenvalue weighted by Crippen LogP contribution is -2.21. The van der Waals surface area contributed by atoms with Crippen molar-refractivity contribution in [2.24, 2.45) is 0 Å². The minimum atomic E-state index is 0.269. The van der Waals surface area contributed by atoms with Gasteiger partial charge in [-0.1, -0.05) is 72.3 Å². The SMILES string of the molecule is C[C@@H](NCCc1ccccc1Oc1ccc(Cl)cc1)c1cccc2ccccc12. The molecule has 146 valence electrons. The number of benzene rings is 4. The molecule has 0 aliphatic heterocycles. The van der Waals surface area contributed by atoms with Crippen LogP contribution in [0.15, 0.2) is 91.0 Å². The molecule has 0 aromatic heterocycles. The summed E-state index contributed by atoms with van der Waals surface area (Å²) in [7, 11) is 0. The molecule has 2 nitrogen and oxygen atoms in total. The first-order valence-corrected chi connectivity index (χ1v) is 10.3. The summed E-state index contributed by atoms with van der Waals surface area (Å²) in [4.78, 5) is 0. The van der Waals surface area contributed by atoms with Crippen LogP contribution in [0.2, 0.25) is 5.02 Å². The number of fused-ring (bicyclic) bond motifs is 1. The van der Waals surface area contributed by atoms with Crippen molar-refractivity contribution >= 4 is 22.4 Å². The first-order valence-electron chi connectivity index (χ1n) is 9.93. The summed E-state index contributed by atoms with van der Waals surface area (Å²) >= 11 is 5.97. The molecule has 29 heavy (non-hydrogen) atoms. The van der Waals surface area contributed by atoms with Crippen molar-refractivity contribution in [2.75, 3.05) is 6.54 Å². The lowest BCUT2D eigenvalue weighted by Gasteiger charge is -2.17. The van der Waals surface area contributed by atoms with E-state index in [-0.39, 0.29) is 6.04 Å². The molecule has 0 aliphatic rings. The Morgan fingerprint density at radius 1 is 0.828 bits per heavy atom. The van der Waals surface area contributed by atoms with Crippen LogP contribution in [0.25, 0.3) is 10.8 Å². The second-order valence-electron chi connectivity index (χ2n) is 7.16. The number of ether oxygens (including phenoxy) is 1. The summed E-state index contributed by atoms with van der Waals surface area (Å²) in [6, 6.07) is 31.0. The van der Waals surface area contributed by atoms with Crippen molar-refractivity contribution in [1.82, 2.24) is 5.32 Å². The normalized spacial score (nSPS) is 12.1. The third kappa shape index (κ3) is 4.79. The molecular weight excluding hydrogens is 378 g/mol. The molecule has 0 fully saturated rings. The van der Waals surface area contributed by atoms with Gasteiger partial charge in [0, 0.05) is 11.1 Å². The molecule has 4 rings (SSSR count). The maximum atomic E-state index is 6.08. The lowest BCUT2D eigenvalue weighted by molar-refractivity contribution is 0.473. The molecule has 4 aromatic rings. The van der Waals surface area contributed by atoms with E-state index in [1.165, 1.54) is 21.9 Å². The van der Waals surface area contributed by atoms with Gasteiger partial charge in [0.25, 0.3) is 0 Å². The molecule has 1 N–H and O–H groups in total. The molecular formula is C26H24ClNO.